The Hall–Kier alpha value is -0.560. The molecule has 1 rings (SSSR count). The molecule has 0 aliphatic carbocycles. The molecule has 1 aliphatic heterocycles. The summed E-state index contributed by atoms with van der Waals surface area (Å²) in [5, 5.41) is 0. The van der Waals surface area contributed by atoms with Gasteiger partial charge in [0.2, 0.25) is 0 Å². The van der Waals surface area contributed by atoms with Crippen LogP contribution < -0.4 is 0 Å². The van der Waals surface area contributed by atoms with E-state index in [1.165, 1.54) is 0 Å². The predicted octanol–water partition coefficient (Wildman–Crippen LogP) is 0.0810. The molecule has 9 heavy (non-hydrogen) atoms. The van der Waals surface area contributed by atoms with Crippen molar-refractivity contribution in [1.29, 1.82) is 0 Å². The van der Waals surface area contributed by atoms with Gasteiger partial charge in [-0.05, 0) is 0 Å². The van der Waals surface area contributed by atoms with Crippen LogP contribution in [0.2, 0.25) is 0 Å². The Balaban J connectivity index is 2.64. The molecule has 0 aromatic carbocycles. The second-order valence-electron chi connectivity index (χ2n) is 1.86. The quantitative estimate of drug-likeness (QED) is 0.357. The van der Waals surface area contributed by atoms with Gasteiger partial charge in [-0.1, -0.05) is 0 Å². The number of hydrogen-bond acceptors (Lipinski definition) is 3. The van der Waals surface area contributed by atoms with Crippen LogP contribution in [0.3, 0.4) is 0 Å². The van der Waals surface area contributed by atoms with Crippen molar-refractivity contribution in [3.8, 4) is 0 Å². The molecule has 1 heterocycles. The molecule has 1 aliphatic rings. The summed E-state index contributed by atoms with van der Waals surface area (Å²) < 4.78 is 0. The third kappa shape index (κ3) is 1.68. The summed E-state index contributed by atoms with van der Waals surface area (Å²) in [6.07, 6.45) is -0.0473. The minimum absolute atomic E-state index is 0.0236. The number of ketones is 1. The predicted molar refractivity (Wildman–Crippen MR) is 32.6 cm³/mol. The van der Waals surface area contributed by atoms with E-state index in [1.54, 1.807) is 0 Å². The van der Waals surface area contributed by atoms with Crippen molar-refractivity contribution < 1.29 is 14.4 Å². The first-order valence-electron chi connectivity index (χ1n) is 2.53. The highest BCUT2D eigenvalue weighted by atomic mass is 31.1. The largest absolute Gasteiger partial charge is 0.299 e. The highest BCUT2D eigenvalue weighted by Gasteiger charge is 2.22. The van der Waals surface area contributed by atoms with Gasteiger partial charge in [-0.2, -0.15) is 0 Å². The number of carbonyl (C=O) groups excluding carboxylic acids is 3. The molecule has 48 valence electrons. The molecule has 1 saturated heterocycles. The summed E-state index contributed by atoms with van der Waals surface area (Å²) in [6.45, 7) is 0. The van der Waals surface area contributed by atoms with Crippen LogP contribution in [0.25, 0.3) is 0 Å². The number of hydrogen-bond donors (Lipinski definition) is 0. The third-order valence-corrected chi connectivity index (χ3v) is 1.91. The molecular weight excluding hydrogens is 139 g/mol. The van der Waals surface area contributed by atoms with Gasteiger partial charge >= 0.3 is 0 Å². The van der Waals surface area contributed by atoms with E-state index in [9.17, 15) is 14.4 Å². The zero-order valence-electron chi connectivity index (χ0n) is 4.64. The third-order valence-electron chi connectivity index (χ3n) is 0.994. The summed E-state index contributed by atoms with van der Waals surface area (Å²) in [7, 11) is -0.263. The Morgan fingerprint density at radius 1 is 1.00 bits per heavy atom. The van der Waals surface area contributed by atoms with Gasteiger partial charge in [0.25, 0.3) is 0 Å². The maximum atomic E-state index is 10.5. The number of carbonyl (C=O) groups is 3. The van der Waals surface area contributed by atoms with E-state index in [0.717, 1.165) is 0 Å². The summed E-state index contributed by atoms with van der Waals surface area (Å²) in [5.74, 6) is -0.233. The molecule has 3 nitrogen and oxygen atoms in total. The van der Waals surface area contributed by atoms with E-state index in [0.29, 0.717) is 0 Å². The minimum Gasteiger partial charge on any atom is -0.299 e. The van der Waals surface area contributed by atoms with Crippen molar-refractivity contribution in [1.82, 2.24) is 0 Å². The van der Waals surface area contributed by atoms with Gasteiger partial charge in [0.15, 0.2) is 11.0 Å². The summed E-state index contributed by atoms with van der Waals surface area (Å²) >= 11 is 0. The first-order chi connectivity index (χ1) is 4.18. The maximum absolute atomic E-state index is 10.5. The molecule has 0 unspecified atom stereocenters. The Bertz CT molecular complexity index is 139. The van der Waals surface area contributed by atoms with E-state index in [4.69, 9.17) is 0 Å². The van der Waals surface area contributed by atoms with Gasteiger partial charge in [0, 0.05) is 8.58 Å². The maximum Gasteiger partial charge on any atom is 0.166 e. The molecule has 0 radical (unpaired) electrons. The van der Waals surface area contributed by atoms with Crippen LogP contribution in [0.5, 0.6) is 0 Å². The first-order valence-corrected chi connectivity index (χ1v) is 3.53. The lowest BCUT2D eigenvalue weighted by Crippen LogP contribution is -2.14. The van der Waals surface area contributed by atoms with Crippen molar-refractivity contribution in [2.24, 2.45) is 0 Å². The molecular formula is C5H5O3P. The topological polar surface area (TPSA) is 51.2 Å². The standard InChI is InChI=1S/C5H5O3P/c6-3-1-4(7)9-5(8)2-3/h9H,1-2H2. The molecule has 1 fully saturated rings. The van der Waals surface area contributed by atoms with Crippen molar-refractivity contribution in [3.05, 3.63) is 0 Å². The molecule has 0 N–H and O–H groups in total. The van der Waals surface area contributed by atoms with Crippen LogP contribution >= 0.6 is 8.58 Å². The summed E-state index contributed by atoms with van der Waals surface area (Å²) in [5.41, 5.74) is -0.424. The van der Waals surface area contributed by atoms with Gasteiger partial charge in [0.05, 0.1) is 12.8 Å². The fourth-order valence-corrected chi connectivity index (χ4v) is 1.55. The SMILES string of the molecule is O=C1CC(=O)PC(=O)C1. The van der Waals surface area contributed by atoms with Gasteiger partial charge in [-0.15, -0.1) is 0 Å². The second kappa shape index (κ2) is 2.36. The van der Waals surface area contributed by atoms with Gasteiger partial charge in [0.1, 0.15) is 5.78 Å². The first kappa shape index (κ1) is 6.56. The summed E-state index contributed by atoms with van der Waals surface area (Å²) in [6, 6.07) is 0. The number of Topliss-reactive ketones (excluding diaryl/α,β-unsaturated/α-hetero) is 1. The Kier molecular flexibility index (Phi) is 1.72. The lowest BCUT2D eigenvalue weighted by molar-refractivity contribution is -0.127. The average Bonchev–Trinajstić information content (AvgIpc) is 1.59. The zero-order valence-corrected chi connectivity index (χ0v) is 5.64. The molecule has 4 heteroatoms. The van der Waals surface area contributed by atoms with E-state index in [-0.39, 0.29) is 38.3 Å². The lowest BCUT2D eigenvalue weighted by atomic mass is 10.2. The monoisotopic (exact) mass is 144 g/mol. The normalized spacial score (nSPS) is 20.7. The second-order valence-corrected chi connectivity index (χ2v) is 3.23. The molecule has 0 bridgehead atoms. The molecule has 0 spiro atoms. The fraction of sp³-hybridized carbons (Fsp3) is 0.400. The van der Waals surface area contributed by atoms with Gasteiger partial charge < -0.3 is 0 Å². The van der Waals surface area contributed by atoms with Crippen molar-refractivity contribution in [2.45, 2.75) is 12.8 Å². The number of rotatable bonds is 0. The fourth-order valence-electron chi connectivity index (χ4n) is 0.665. The Morgan fingerprint density at radius 3 is 1.78 bits per heavy atom. The van der Waals surface area contributed by atoms with E-state index in [2.05, 4.69) is 0 Å². The van der Waals surface area contributed by atoms with Crippen molar-refractivity contribution in [3.63, 3.8) is 0 Å². The van der Waals surface area contributed by atoms with E-state index >= 15 is 0 Å². The Morgan fingerprint density at radius 2 is 1.44 bits per heavy atom. The molecule has 0 amide bonds. The highest BCUT2D eigenvalue weighted by molar-refractivity contribution is 7.74. The Labute approximate surface area is 53.6 Å². The van der Waals surface area contributed by atoms with Crippen LogP contribution in [0.15, 0.2) is 0 Å². The molecule has 0 saturated carbocycles. The smallest absolute Gasteiger partial charge is 0.166 e. The lowest BCUT2D eigenvalue weighted by Gasteiger charge is -2.04. The molecule has 0 atom stereocenters. The van der Waals surface area contributed by atoms with Crippen LogP contribution in [-0.4, -0.2) is 16.8 Å². The van der Waals surface area contributed by atoms with E-state index < -0.39 is 0 Å². The minimum atomic E-state index is -0.263. The van der Waals surface area contributed by atoms with E-state index in [1.807, 2.05) is 0 Å². The van der Waals surface area contributed by atoms with Crippen LogP contribution in [0, 0.1) is 0 Å². The van der Waals surface area contributed by atoms with Crippen molar-refractivity contribution >= 4 is 25.4 Å². The van der Waals surface area contributed by atoms with Crippen LogP contribution in [0.4, 0.5) is 0 Å². The van der Waals surface area contributed by atoms with Crippen LogP contribution in [-0.2, 0) is 14.4 Å². The molecule has 0 aromatic heterocycles. The average molecular weight is 144 g/mol. The van der Waals surface area contributed by atoms with Crippen LogP contribution in [0.1, 0.15) is 12.8 Å². The highest BCUT2D eigenvalue weighted by Crippen LogP contribution is 2.23. The molecule has 0 aromatic rings. The summed E-state index contributed by atoms with van der Waals surface area (Å²) in [4.78, 5) is 31.4. The van der Waals surface area contributed by atoms with Crippen molar-refractivity contribution in [2.75, 3.05) is 0 Å². The zero-order chi connectivity index (χ0) is 6.85. The van der Waals surface area contributed by atoms with Gasteiger partial charge in [-0.3, -0.25) is 14.4 Å². The van der Waals surface area contributed by atoms with Gasteiger partial charge in [-0.25, -0.2) is 0 Å².